The second kappa shape index (κ2) is 8.87. The van der Waals surface area contributed by atoms with E-state index < -0.39 is 5.54 Å². The van der Waals surface area contributed by atoms with E-state index in [1.54, 1.807) is 37.5 Å². The van der Waals surface area contributed by atoms with E-state index >= 15 is 0 Å². The van der Waals surface area contributed by atoms with Gasteiger partial charge in [-0.1, -0.05) is 35.0 Å². The highest BCUT2D eigenvalue weighted by Crippen LogP contribution is 2.39. The number of carbonyl (C=O) groups is 1. The van der Waals surface area contributed by atoms with E-state index in [-0.39, 0.29) is 17.6 Å². The van der Waals surface area contributed by atoms with Crippen molar-refractivity contribution in [2.24, 2.45) is 5.92 Å². The van der Waals surface area contributed by atoms with Gasteiger partial charge in [-0.05, 0) is 56.0 Å². The molecule has 1 amide bonds. The van der Waals surface area contributed by atoms with Gasteiger partial charge in [0.15, 0.2) is 11.0 Å². The van der Waals surface area contributed by atoms with Gasteiger partial charge in [-0.3, -0.25) is 14.3 Å². The fourth-order valence-corrected chi connectivity index (χ4v) is 4.28. The predicted octanol–water partition coefficient (Wildman–Crippen LogP) is 4.54. The number of halogens is 2. The molecule has 31 heavy (non-hydrogen) atoms. The van der Waals surface area contributed by atoms with Crippen molar-refractivity contribution in [3.05, 3.63) is 52.8 Å². The van der Waals surface area contributed by atoms with E-state index in [1.165, 1.54) is 11.8 Å². The first kappa shape index (κ1) is 21.6. The maximum absolute atomic E-state index is 12.6. The fourth-order valence-electron chi connectivity index (χ4n) is 3.24. The molecule has 2 aromatic heterocycles. The minimum absolute atomic E-state index is 0.0937. The molecule has 0 spiro atoms. The summed E-state index contributed by atoms with van der Waals surface area (Å²) in [5.41, 5.74) is 0.639. The van der Waals surface area contributed by atoms with Crippen LogP contribution >= 0.6 is 35.0 Å². The number of nitrogens with one attached hydrogen (secondary N) is 1. The molecule has 4 rings (SSSR count). The summed E-state index contributed by atoms with van der Waals surface area (Å²) < 4.78 is 1.81. The van der Waals surface area contributed by atoms with Crippen LogP contribution in [0.15, 0.2) is 47.9 Å². The summed E-state index contributed by atoms with van der Waals surface area (Å²) in [7, 11) is 0. The van der Waals surface area contributed by atoms with E-state index in [4.69, 9.17) is 23.2 Å². The van der Waals surface area contributed by atoms with Crippen molar-refractivity contribution in [3.8, 4) is 23.1 Å². The molecule has 0 saturated heterocycles. The normalized spacial score (nSPS) is 15.2. The number of hydrogen-bond donors (Lipinski definition) is 1. The number of aromatic nitrogens is 4. The van der Waals surface area contributed by atoms with Crippen LogP contribution in [0.5, 0.6) is 0 Å². The molecule has 10 heteroatoms. The molecular formula is C21H18Cl2N6OS. The Bertz CT molecular complexity index is 1160. The van der Waals surface area contributed by atoms with Gasteiger partial charge in [0.1, 0.15) is 5.54 Å². The molecule has 1 aliphatic rings. The average Bonchev–Trinajstić information content (AvgIpc) is 3.55. The molecule has 1 N–H and O–H groups in total. The van der Waals surface area contributed by atoms with Crippen LogP contribution in [0.25, 0.3) is 17.1 Å². The maximum atomic E-state index is 12.6. The van der Waals surface area contributed by atoms with Crippen LogP contribution < -0.4 is 5.32 Å². The molecule has 1 aliphatic carbocycles. The highest BCUT2D eigenvalue weighted by Gasteiger charge is 2.43. The van der Waals surface area contributed by atoms with Gasteiger partial charge in [-0.25, -0.2) is 0 Å². The monoisotopic (exact) mass is 472 g/mol. The molecule has 1 atom stereocenters. The number of benzene rings is 1. The van der Waals surface area contributed by atoms with Crippen LogP contribution in [0.2, 0.25) is 10.0 Å². The van der Waals surface area contributed by atoms with Crippen molar-refractivity contribution >= 4 is 40.9 Å². The summed E-state index contributed by atoms with van der Waals surface area (Å²) in [4.78, 5) is 16.7. The number of amides is 1. The fraction of sp³-hybridized carbons (Fsp3) is 0.286. The Morgan fingerprint density at radius 3 is 2.77 bits per heavy atom. The molecule has 1 saturated carbocycles. The lowest BCUT2D eigenvalue weighted by atomic mass is 9.98. The highest BCUT2D eigenvalue weighted by atomic mass is 35.5. The summed E-state index contributed by atoms with van der Waals surface area (Å²) in [6.45, 7) is 1.77. The van der Waals surface area contributed by atoms with E-state index in [9.17, 15) is 10.1 Å². The predicted molar refractivity (Wildman–Crippen MR) is 120 cm³/mol. The first-order valence-electron chi connectivity index (χ1n) is 9.57. The van der Waals surface area contributed by atoms with E-state index in [2.05, 4.69) is 26.6 Å². The Morgan fingerprint density at radius 2 is 2.13 bits per heavy atom. The molecule has 1 aromatic carbocycles. The van der Waals surface area contributed by atoms with Crippen LogP contribution in [-0.2, 0) is 4.79 Å². The van der Waals surface area contributed by atoms with E-state index in [1.807, 2.05) is 16.7 Å². The number of nitriles is 1. The van der Waals surface area contributed by atoms with Crippen molar-refractivity contribution in [2.45, 2.75) is 30.5 Å². The molecule has 1 fully saturated rings. The van der Waals surface area contributed by atoms with Crippen LogP contribution in [0.1, 0.15) is 19.8 Å². The van der Waals surface area contributed by atoms with Gasteiger partial charge < -0.3 is 5.32 Å². The molecule has 0 radical (unpaired) electrons. The van der Waals surface area contributed by atoms with Crippen molar-refractivity contribution in [1.29, 1.82) is 5.26 Å². The minimum Gasteiger partial charge on any atom is -0.337 e. The molecule has 1 unspecified atom stereocenters. The Morgan fingerprint density at radius 1 is 1.32 bits per heavy atom. The lowest BCUT2D eigenvalue weighted by molar-refractivity contribution is -0.119. The zero-order valence-electron chi connectivity index (χ0n) is 16.5. The molecular weight excluding hydrogens is 455 g/mol. The van der Waals surface area contributed by atoms with Crippen LogP contribution in [0.3, 0.4) is 0 Å². The third-order valence-corrected chi connectivity index (χ3v) is 6.74. The van der Waals surface area contributed by atoms with Crippen molar-refractivity contribution in [2.75, 3.05) is 5.75 Å². The molecule has 2 heterocycles. The van der Waals surface area contributed by atoms with Crippen LogP contribution in [0, 0.1) is 17.2 Å². The van der Waals surface area contributed by atoms with Crippen molar-refractivity contribution < 1.29 is 4.79 Å². The van der Waals surface area contributed by atoms with Gasteiger partial charge in [0, 0.05) is 18.0 Å². The number of hydrogen-bond acceptors (Lipinski definition) is 6. The maximum Gasteiger partial charge on any atom is 0.231 e. The topological polar surface area (TPSA) is 96.5 Å². The lowest BCUT2D eigenvalue weighted by Crippen LogP contribution is -2.47. The zero-order chi connectivity index (χ0) is 22.0. The van der Waals surface area contributed by atoms with Gasteiger partial charge in [0.2, 0.25) is 5.91 Å². The molecule has 7 nitrogen and oxygen atoms in total. The first-order valence-corrected chi connectivity index (χ1v) is 11.3. The summed E-state index contributed by atoms with van der Waals surface area (Å²) >= 11 is 13.5. The van der Waals surface area contributed by atoms with Crippen LogP contribution in [-0.4, -0.2) is 36.9 Å². The zero-order valence-corrected chi connectivity index (χ0v) is 18.9. The number of carbonyl (C=O) groups excluding carboxylic acids is 1. The average molecular weight is 473 g/mol. The number of nitrogens with zero attached hydrogens (tertiary/aromatic N) is 5. The Kier molecular flexibility index (Phi) is 6.19. The summed E-state index contributed by atoms with van der Waals surface area (Å²) in [5.74, 6) is 0.640. The van der Waals surface area contributed by atoms with E-state index in [0.717, 1.165) is 18.4 Å². The number of pyridine rings is 1. The number of rotatable bonds is 7. The molecule has 158 valence electrons. The first-order chi connectivity index (χ1) is 14.9. The second-order valence-corrected chi connectivity index (χ2v) is 9.16. The minimum atomic E-state index is -0.837. The molecule has 0 bridgehead atoms. The largest absolute Gasteiger partial charge is 0.337 e. The van der Waals surface area contributed by atoms with Crippen molar-refractivity contribution in [1.82, 2.24) is 25.1 Å². The SMILES string of the molecule is CC(C#N)(NC(=O)CSc1nnc(-c2cccnc2)n1-c1ccc(Cl)c(Cl)c1)C1CC1. The van der Waals surface area contributed by atoms with Gasteiger partial charge in [-0.2, -0.15) is 5.26 Å². The quantitative estimate of drug-likeness (QED) is 0.507. The summed E-state index contributed by atoms with van der Waals surface area (Å²) in [5, 5.41) is 22.3. The lowest BCUT2D eigenvalue weighted by Gasteiger charge is -2.22. The van der Waals surface area contributed by atoms with Crippen LogP contribution in [0.4, 0.5) is 0 Å². The summed E-state index contributed by atoms with van der Waals surface area (Å²) in [6, 6.07) is 11.1. The number of thioether (sulfide) groups is 1. The second-order valence-electron chi connectivity index (χ2n) is 7.41. The molecule has 3 aromatic rings. The van der Waals surface area contributed by atoms with Gasteiger partial charge >= 0.3 is 0 Å². The Hall–Kier alpha value is -2.60. The summed E-state index contributed by atoms with van der Waals surface area (Å²) in [6.07, 6.45) is 5.28. The molecule has 0 aliphatic heterocycles. The van der Waals surface area contributed by atoms with Crippen molar-refractivity contribution in [3.63, 3.8) is 0 Å². The Labute approximate surface area is 193 Å². The Balaban J connectivity index is 1.62. The standard InChI is InChI=1S/C21H18Cl2N6OS/c1-21(12-24,14-4-5-14)26-18(30)11-31-20-28-27-19(13-3-2-8-25-10-13)29(20)15-6-7-16(22)17(23)9-15/h2-3,6-10,14H,4-5,11H2,1H3,(H,26,30). The van der Waals surface area contributed by atoms with Gasteiger partial charge in [-0.15, -0.1) is 10.2 Å². The third-order valence-electron chi connectivity index (χ3n) is 5.07. The van der Waals surface area contributed by atoms with Gasteiger partial charge in [0.05, 0.1) is 27.6 Å². The smallest absolute Gasteiger partial charge is 0.231 e. The highest BCUT2D eigenvalue weighted by molar-refractivity contribution is 7.99. The van der Waals surface area contributed by atoms with E-state index in [0.29, 0.717) is 26.7 Å². The third kappa shape index (κ3) is 4.69. The van der Waals surface area contributed by atoms with Gasteiger partial charge in [0.25, 0.3) is 0 Å².